The van der Waals surface area contributed by atoms with Gasteiger partial charge in [-0.05, 0) is 54.5 Å². The molecule has 9 heteroatoms. The number of nitrogens with zero attached hydrogens (tertiary/aromatic N) is 2. The molecule has 2 aliphatic rings. The van der Waals surface area contributed by atoms with Gasteiger partial charge in [-0.2, -0.15) is 8.78 Å². The Morgan fingerprint density at radius 2 is 1.94 bits per heavy atom. The van der Waals surface area contributed by atoms with Gasteiger partial charge in [-0.15, -0.1) is 0 Å². The maximum Gasteiger partial charge on any atom is 0.387 e. The molecule has 7 nitrogen and oxygen atoms in total. The summed E-state index contributed by atoms with van der Waals surface area (Å²) in [4.78, 5) is 30.9. The minimum absolute atomic E-state index is 0.0196. The van der Waals surface area contributed by atoms with E-state index in [0.29, 0.717) is 30.6 Å². The zero-order valence-electron chi connectivity index (χ0n) is 18.8. The monoisotopic (exact) mass is 469 g/mol. The van der Waals surface area contributed by atoms with Crippen LogP contribution in [-0.2, 0) is 19.9 Å². The molecule has 1 unspecified atom stereocenters. The Bertz CT molecular complexity index is 1160. The van der Waals surface area contributed by atoms with Crippen LogP contribution in [0.25, 0.3) is 0 Å². The highest BCUT2D eigenvalue weighted by atomic mass is 19.3. The fourth-order valence-electron chi connectivity index (χ4n) is 4.36. The Hall–Kier alpha value is -3.75. The van der Waals surface area contributed by atoms with Crippen LogP contribution in [0.15, 0.2) is 65.2 Å². The number of hydrogen-bond acceptors (Lipinski definition) is 6. The summed E-state index contributed by atoms with van der Waals surface area (Å²) < 4.78 is 34.5. The van der Waals surface area contributed by atoms with Crippen molar-refractivity contribution in [3.05, 3.63) is 76.9 Å². The zero-order chi connectivity index (χ0) is 24.5. The average molecular weight is 469 g/mol. The summed E-state index contributed by atoms with van der Waals surface area (Å²) in [6.07, 6.45) is 2.97. The van der Waals surface area contributed by atoms with Crippen LogP contribution in [0.5, 0.6) is 5.75 Å². The van der Waals surface area contributed by atoms with Crippen molar-refractivity contribution >= 4 is 17.8 Å². The molecule has 4 rings (SSSR count). The predicted octanol–water partition coefficient (Wildman–Crippen LogP) is 3.69. The summed E-state index contributed by atoms with van der Waals surface area (Å²) in [5, 5.41) is 0. The van der Waals surface area contributed by atoms with Crippen molar-refractivity contribution in [1.29, 1.82) is 0 Å². The van der Waals surface area contributed by atoms with E-state index < -0.39 is 12.2 Å². The Labute approximate surface area is 195 Å². The summed E-state index contributed by atoms with van der Waals surface area (Å²) in [6.45, 7) is -0.857. The van der Waals surface area contributed by atoms with Crippen LogP contribution in [0.4, 0.5) is 8.78 Å². The second-order valence-electron chi connectivity index (χ2n) is 8.23. The molecule has 178 valence electrons. The summed E-state index contributed by atoms with van der Waals surface area (Å²) in [5.41, 5.74) is 7.70. The van der Waals surface area contributed by atoms with Gasteiger partial charge in [0.15, 0.2) is 11.5 Å². The summed E-state index contributed by atoms with van der Waals surface area (Å²) in [5.74, 6) is -0.455. The van der Waals surface area contributed by atoms with Gasteiger partial charge in [0.1, 0.15) is 5.75 Å². The number of hydrogen-bond donors (Lipinski definition) is 1. The molecule has 0 saturated heterocycles. The molecule has 2 aromatic carbocycles. The number of guanidine groups is 1. The summed E-state index contributed by atoms with van der Waals surface area (Å²) in [7, 11) is 1.54. The van der Waals surface area contributed by atoms with Crippen LogP contribution in [0.1, 0.15) is 42.4 Å². The smallest absolute Gasteiger partial charge is 0.387 e. The van der Waals surface area contributed by atoms with Crippen molar-refractivity contribution in [1.82, 2.24) is 4.90 Å². The molecule has 1 amide bonds. The number of halogens is 2. The van der Waals surface area contributed by atoms with Gasteiger partial charge < -0.3 is 15.2 Å². The van der Waals surface area contributed by atoms with E-state index in [0.717, 1.165) is 11.1 Å². The van der Waals surface area contributed by atoms with Gasteiger partial charge in [0.25, 0.3) is 5.91 Å². The number of benzene rings is 2. The first-order valence-electron chi connectivity index (χ1n) is 10.9. The number of carbonyl (C=O) groups excluding carboxylic acids is 2. The number of carbonyl (C=O) groups is 2. The Balaban J connectivity index is 1.67. The molecular weight excluding hydrogens is 444 g/mol. The number of ether oxygens (including phenoxy) is 2. The van der Waals surface area contributed by atoms with Crippen LogP contribution in [0.3, 0.4) is 0 Å². The first-order chi connectivity index (χ1) is 16.2. The average Bonchev–Trinajstić information content (AvgIpc) is 3.01. The zero-order valence-corrected chi connectivity index (χ0v) is 18.8. The van der Waals surface area contributed by atoms with Gasteiger partial charge in [0.2, 0.25) is 0 Å². The molecule has 2 N–H and O–H groups in total. The van der Waals surface area contributed by atoms with Crippen molar-refractivity contribution in [3.8, 4) is 5.75 Å². The maximum absolute atomic E-state index is 13.4. The van der Waals surface area contributed by atoms with Gasteiger partial charge in [-0.25, -0.2) is 9.79 Å². The van der Waals surface area contributed by atoms with Gasteiger partial charge in [-0.1, -0.05) is 42.0 Å². The molecule has 34 heavy (non-hydrogen) atoms. The van der Waals surface area contributed by atoms with Gasteiger partial charge >= 0.3 is 12.6 Å². The SMILES string of the molecule is CCOC(=O)C=C1CC(c2cccc(C3(c4ccc(OC(F)F)cc4)N=C(N)N(C)C3=O)c2)C1. The molecule has 1 atom stereocenters. The standard InChI is InChI=1S/C25H25F2N3O4/c1-3-33-21(31)13-15-11-17(12-15)16-5-4-6-19(14-16)25(22(32)30(2)24(28)29-25)18-7-9-20(10-8-18)34-23(26)27/h4-10,13-14,17,23H,3,11-12H2,1-2H3,(H2,28,29). The molecule has 1 aliphatic heterocycles. The van der Waals surface area contributed by atoms with E-state index in [4.69, 9.17) is 10.5 Å². The lowest BCUT2D eigenvalue weighted by molar-refractivity contribution is -0.137. The van der Waals surface area contributed by atoms with E-state index in [9.17, 15) is 18.4 Å². The first-order valence-corrected chi connectivity index (χ1v) is 10.9. The van der Waals surface area contributed by atoms with Gasteiger partial charge in [-0.3, -0.25) is 9.69 Å². The molecule has 1 fully saturated rings. The highest BCUT2D eigenvalue weighted by Crippen LogP contribution is 2.44. The first kappa shape index (κ1) is 23.4. The quantitative estimate of drug-likeness (QED) is 0.493. The molecular formula is C25H25F2N3O4. The molecule has 0 spiro atoms. The summed E-state index contributed by atoms with van der Waals surface area (Å²) >= 11 is 0. The number of aliphatic imine (C=N–C) groups is 1. The second-order valence-corrected chi connectivity index (χ2v) is 8.23. The van der Waals surface area contributed by atoms with Gasteiger partial charge in [0, 0.05) is 13.1 Å². The van der Waals surface area contributed by atoms with Crippen molar-refractivity contribution in [2.45, 2.75) is 37.8 Å². The normalized spacial score (nSPS) is 21.9. The number of alkyl halides is 2. The number of nitrogens with two attached hydrogens (primary N) is 1. The molecule has 1 saturated carbocycles. The topological polar surface area (TPSA) is 94.2 Å². The Morgan fingerprint density at radius 1 is 1.24 bits per heavy atom. The molecule has 0 radical (unpaired) electrons. The van der Waals surface area contributed by atoms with Crippen LogP contribution in [-0.4, -0.2) is 43.0 Å². The van der Waals surface area contributed by atoms with Crippen LogP contribution in [0, 0.1) is 0 Å². The van der Waals surface area contributed by atoms with E-state index >= 15 is 0 Å². The third-order valence-electron chi connectivity index (χ3n) is 6.14. The minimum atomic E-state index is -2.95. The molecule has 1 aliphatic carbocycles. The van der Waals surface area contributed by atoms with Crippen LogP contribution < -0.4 is 10.5 Å². The second kappa shape index (κ2) is 9.24. The Kier molecular flexibility index (Phi) is 6.37. The number of allylic oxidation sites excluding steroid dienone is 1. The maximum atomic E-state index is 13.4. The van der Waals surface area contributed by atoms with Crippen molar-refractivity contribution in [2.24, 2.45) is 10.7 Å². The van der Waals surface area contributed by atoms with E-state index in [1.165, 1.54) is 23.1 Å². The lowest BCUT2D eigenvalue weighted by atomic mass is 9.74. The largest absolute Gasteiger partial charge is 0.463 e. The predicted molar refractivity (Wildman–Crippen MR) is 121 cm³/mol. The molecule has 0 aromatic heterocycles. The van der Waals surface area contributed by atoms with E-state index in [1.807, 2.05) is 18.2 Å². The third-order valence-corrected chi connectivity index (χ3v) is 6.14. The third kappa shape index (κ3) is 4.25. The Morgan fingerprint density at radius 3 is 2.53 bits per heavy atom. The molecule has 0 bridgehead atoms. The fourth-order valence-corrected chi connectivity index (χ4v) is 4.36. The van der Waals surface area contributed by atoms with E-state index in [-0.39, 0.29) is 29.5 Å². The minimum Gasteiger partial charge on any atom is -0.463 e. The van der Waals surface area contributed by atoms with E-state index in [2.05, 4.69) is 9.73 Å². The lowest BCUT2D eigenvalue weighted by Crippen LogP contribution is -2.41. The number of esters is 1. The highest BCUT2D eigenvalue weighted by Gasteiger charge is 2.49. The molecule has 2 aromatic rings. The van der Waals surface area contributed by atoms with Crippen LogP contribution >= 0.6 is 0 Å². The van der Waals surface area contributed by atoms with Crippen molar-refractivity contribution in [3.63, 3.8) is 0 Å². The van der Waals surface area contributed by atoms with Gasteiger partial charge in [0.05, 0.1) is 6.61 Å². The van der Waals surface area contributed by atoms with Crippen LogP contribution in [0.2, 0.25) is 0 Å². The highest BCUT2D eigenvalue weighted by molar-refractivity contribution is 6.08. The summed E-state index contributed by atoms with van der Waals surface area (Å²) in [6, 6.07) is 13.4. The fraction of sp³-hybridized carbons (Fsp3) is 0.320. The number of likely N-dealkylation sites (N-methyl/N-ethyl adjacent to an activating group) is 1. The lowest BCUT2D eigenvalue weighted by Gasteiger charge is -2.31. The number of amides is 1. The van der Waals surface area contributed by atoms with Crippen molar-refractivity contribution < 1.29 is 27.8 Å². The van der Waals surface area contributed by atoms with E-state index in [1.54, 1.807) is 32.2 Å². The number of rotatable bonds is 7. The molecule has 1 heterocycles. The van der Waals surface area contributed by atoms with Crippen molar-refractivity contribution in [2.75, 3.05) is 13.7 Å².